The first kappa shape index (κ1) is 16.9. The average Bonchev–Trinajstić information content (AvgIpc) is 2.72. The van der Waals surface area contributed by atoms with Gasteiger partial charge in [0.15, 0.2) is 11.5 Å². The molecule has 0 atom stereocenters. The van der Waals surface area contributed by atoms with Crippen LogP contribution in [-0.2, 0) is 0 Å². The van der Waals surface area contributed by atoms with Crippen molar-refractivity contribution in [3.63, 3.8) is 0 Å². The van der Waals surface area contributed by atoms with Gasteiger partial charge in [-0.05, 0) is 35.4 Å². The molecule has 0 fully saturated rings. The van der Waals surface area contributed by atoms with E-state index in [0.717, 1.165) is 22.0 Å². The lowest BCUT2D eigenvalue weighted by Crippen LogP contribution is -1.94. The highest BCUT2D eigenvalue weighted by atomic mass is 16.5. The lowest BCUT2D eigenvalue weighted by molar-refractivity contribution is 0.356. The fraction of sp³-hybridized carbons (Fsp3) is 0.0870. The molecule has 0 aliphatic rings. The van der Waals surface area contributed by atoms with Gasteiger partial charge in [0.1, 0.15) is 5.75 Å². The first-order valence-corrected chi connectivity index (χ1v) is 8.62. The van der Waals surface area contributed by atoms with Gasteiger partial charge >= 0.3 is 0 Å². The summed E-state index contributed by atoms with van der Waals surface area (Å²) in [6.07, 6.45) is 0. The monoisotopic (exact) mass is 357 g/mol. The normalized spacial score (nSPS) is 10.7. The topological polar surface area (TPSA) is 51.6 Å². The highest BCUT2D eigenvalue weighted by Gasteiger charge is 2.15. The standard InChI is InChI=1S/C23H19NO3/c1-26-22-13-18-17(15-8-4-3-5-9-15)12-19(16-10-6-7-11-21(16)25)24-20(18)14-23(22)27-2/h3-14,25H,1-2H3. The Bertz CT molecular complexity index is 1110. The molecular formula is C23H19NO3. The first-order chi connectivity index (χ1) is 13.2. The van der Waals surface area contributed by atoms with Gasteiger partial charge < -0.3 is 14.6 Å². The number of phenolic OH excluding ortho intramolecular Hbond substituents is 1. The van der Waals surface area contributed by atoms with E-state index in [2.05, 4.69) is 12.1 Å². The largest absolute Gasteiger partial charge is 0.507 e. The summed E-state index contributed by atoms with van der Waals surface area (Å²) < 4.78 is 10.9. The molecular weight excluding hydrogens is 338 g/mol. The summed E-state index contributed by atoms with van der Waals surface area (Å²) in [7, 11) is 3.23. The van der Waals surface area contributed by atoms with Crippen LogP contribution in [0, 0.1) is 0 Å². The van der Waals surface area contributed by atoms with Crippen LogP contribution in [-0.4, -0.2) is 24.3 Å². The summed E-state index contributed by atoms with van der Waals surface area (Å²) in [5.41, 5.74) is 4.24. The second-order valence-electron chi connectivity index (χ2n) is 6.16. The van der Waals surface area contributed by atoms with Crippen molar-refractivity contribution in [2.24, 2.45) is 0 Å². The van der Waals surface area contributed by atoms with Gasteiger partial charge in [0.05, 0.1) is 25.4 Å². The van der Waals surface area contributed by atoms with Crippen LogP contribution in [0.3, 0.4) is 0 Å². The van der Waals surface area contributed by atoms with Crippen molar-refractivity contribution in [3.8, 4) is 39.6 Å². The van der Waals surface area contributed by atoms with E-state index in [1.54, 1.807) is 26.4 Å². The molecule has 1 heterocycles. The minimum Gasteiger partial charge on any atom is -0.507 e. The van der Waals surface area contributed by atoms with Crippen LogP contribution in [0.1, 0.15) is 0 Å². The number of aromatic hydroxyl groups is 1. The van der Waals surface area contributed by atoms with E-state index < -0.39 is 0 Å². The number of benzene rings is 3. The molecule has 0 saturated carbocycles. The summed E-state index contributed by atoms with van der Waals surface area (Å²) in [6, 6.07) is 23.1. The minimum atomic E-state index is 0.198. The summed E-state index contributed by atoms with van der Waals surface area (Å²) in [5.74, 6) is 1.47. The van der Waals surface area contributed by atoms with Gasteiger partial charge in [-0.3, -0.25) is 0 Å². The van der Waals surface area contributed by atoms with Crippen LogP contribution in [0.15, 0.2) is 72.8 Å². The van der Waals surface area contributed by atoms with Crippen molar-refractivity contribution in [1.82, 2.24) is 4.98 Å². The predicted molar refractivity (Wildman–Crippen MR) is 107 cm³/mol. The molecule has 4 heteroatoms. The van der Waals surface area contributed by atoms with E-state index in [9.17, 15) is 5.11 Å². The fourth-order valence-electron chi connectivity index (χ4n) is 3.24. The molecule has 4 rings (SSSR count). The second-order valence-corrected chi connectivity index (χ2v) is 6.16. The van der Waals surface area contributed by atoms with E-state index in [1.807, 2.05) is 48.5 Å². The van der Waals surface area contributed by atoms with Gasteiger partial charge in [-0.15, -0.1) is 0 Å². The number of methoxy groups -OCH3 is 2. The Morgan fingerprint density at radius 1 is 0.741 bits per heavy atom. The third-order valence-electron chi connectivity index (χ3n) is 4.58. The Morgan fingerprint density at radius 2 is 1.41 bits per heavy atom. The van der Waals surface area contributed by atoms with Crippen molar-refractivity contribution in [2.75, 3.05) is 14.2 Å². The molecule has 0 saturated heterocycles. The van der Waals surface area contributed by atoms with Crippen molar-refractivity contribution in [1.29, 1.82) is 0 Å². The van der Waals surface area contributed by atoms with E-state index in [0.29, 0.717) is 22.8 Å². The zero-order valence-corrected chi connectivity index (χ0v) is 15.1. The Kier molecular flexibility index (Phi) is 4.38. The fourth-order valence-corrected chi connectivity index (χ4v) is 3.24. The van der Waals surface area contributed by atoms with E-state index >= 15 is 0 Å². The number of pyridine rings is 1. The molecule has 1 N–H and O–H groups in total. The zero-order chi connectivity index (χ0) is 18.8. The Labute approximate surface area is 157 Å². The number of ether oxygens (including phenoxy) is 2. The number of fused-ring (bicyclic) bond motifs is 1. The quantitative estimate of drug-likeness (QED) is 0.539. The number of aromatic nitrogens is 1. The summed E-state index contributed by atoms with van der Waals surface area (Å²) in [4.78, 5) is 4.78. The van der Waals surface area contributed by atoms with E-state index in [-0.39, 0.29) is 5.75 Å². The molecule has 4 nitrogen and oxygen atoms in total. The molecule has 0 unspecified atom stereocenters. The average molecular weight is 357 g/mol. The maximum atomic E-state index is 10.3. The Hall–Kier alpha value is -3.53. The zero-order valence-electron chi connectivity index (χ0n) is 15.1. The molecule has 4 aromatic rings. The highest BCUT2D eigenvalue weighted by Crippen LogP contribution is 2.39. The molecule has 27 heavy (non-hydrogen) atoms. The first-order valence-electron chi connectivity index (χ1n) is 8.62. The molecule has 134 valence electrons. The van der Waals surface area contributed by atoms with Gasteiger partial charge in [-0.1, -0.05) is 42.5 Å². The predicted octanol–water partition coefficient (Wildman–Crippen LogP) is 5.29. The minimum absolute atomic E-state index is 0.198. The highest BCUT2D eigenvalue weighted by molar-refractivity contribution is 5.98. The second kappa shape index (κ2) is 7.00. The van der Waals surface area contributed by atoms with Crippen LogP contribution in [0.2, 0.25) is 0 Å². The third kappa shape index (κ3) is 3.06. The molecule has 1 aromatic heterocycles. The lowest BCUT2D eigenvalue weighted by Gasteiger charge is -2.14. The summed E-state index contributed by atoms with van der Waals surface area (Å²) >= 11 is 0. The van der Waals surface area contributed by atoms with Crippen molar-refractivity contribution in [2.45, 2.75) is 0 Å². The molecule has 0 aliphatic heterocycles. The van der Waals surface area contributed by atoms with Gasteiger partial charge in [0.25, 0.3) is 0 Å². The van der Waals surface area contributed by atoms with Crippen LogP contribution in [0.4, 0.5) is 0 Å². The van der Waals surface area contributed by atoms with Crippen LogP contribution < -0.4 is 9.47 Å². The summed E-state index contributed by atoms with van der Waals surface area (Å²) in [6.45, 7) is 0. The number of rotatable bonds is 4. The SMILES string of the molecule is COc1cc2nc(-c3ccccc3O)cc(-c3ccccc3)c2cc1OC. The number of para-hydroxylation sites is 1. The van der Waals surface area contributed by atoms with Gasteiger partial charge in [-0.25, -0.2) is 4.98 Å². The molecule has 3 aromatic carbocycles. The van der Waals surface area contributed by atoms with Crippen LogP contribution in [0.5, 0.6) is 17.2 Å². The molecule has 0 radical (unpaired) electrons. The van der Waals surface area contributed by atoms with Gasteiger partial charge in [-0.2, -0.15) is 0 Å². The Balaban J connectivity index is 2.06. The van der Waals surface area contributed by atoms with Crippen LogP contribution in [0.25, 0.3) is 33.3 Å². The number of hydrogen-bond donors (Lipinski definition) is 1. The van der Waals surface area contributed by atoms with Crippen molar-refractivity contribution in [3.05, 3.63) is 72.8 Å². The van der Waals surface area contributed by atoms with E-state index in [1.165, 1.54) is 0 Å². The van der Waals surface area contributed by atoms with Crippen molar-refractivity contribution >= 4 is 10.9 Å². The Morgan fingerprint density at radius 3 is 2.11 bits per heavy atom. The smallest absolute Gasteiger partial charge is 0.162 e. The number of nitrogens with zero attached hydrogens (tertiary/aromatic N) is 1. The number of phenols is 1. The third-order valence-corrected chi connectivity index (χ3v) is 4.58. The van der Waals surface area contributed by atoms with E-state index in [4.69, 9.17) is 14.5 Å². The molecule has 0 spiro atoms. The summed E-state index contributed by atoms with van der Waals surface area (Å²) in [5, 5.41) is 11.3. The van der Waals surface area contributed by atoms with Gasteiger partial charge in [0.2, 0.25) is 0 Å². The van der Waals surface area contributed by atoms with Crippen LogP contribution >= 0.6 is 0 Å². The van der Waals surface area contributed by atoms with Crippen molar-refractivity contribution < 1.29 is 14.6 Å². The maximum Gasteiger partial charge on any atom is 0.162 e. The molecule has 0 amide bonds. The number of hydrogen-bond acceptors (Lipinski definition) is 4. The van der Waals surface area contributed by atoms with Gasteiger partial charge in [0, 0.05) is 17.0 Å². The molecule has 0 aliphatic carbocycles. The maximum absolute atomic E-state index is 10.3. The lowest BCUT2D eigenvalue weighted by atomic mass is 9.97. The molecule has 0 bridgehead atoms.